The molecule has 0 bridgehead atoms. The normalized spacial score (nSPS) is 15.0. The molecule has 2 aromatic rings. The molecule has 0 atom stereocenters. The molecule has 0 saturated heterocycles. The van der Waals surface area contributed by atoms with Gasteiger partial charge in [0.05, 0.1) is 13.5 Å². The van der Waals surface area contributed by atoms with Crippen molar-refractivity contribution in [2.45, 2.75) is 24.7 Å². The van der Waals surface area contributed by atoms with E-state index in [1.165, 1.54) is 31.4 Å². The Morgan fingerprint density at radius 2 is 1.88 bits per heavy atom. The van der Waals surface area contributed by atoms with Crippen LogP contribution in [0.15, 0.2) is 42.5 Å². The maximum absolute atomic E-state index is 13.7. The van der Waals surface area contributed by atoms with E-state index in [0.717, 1.165) is 18.4 Å². The van der Waals surface area contributed by atoms with Gasteiger partial charge in [-0.3, -0.25) is 4.79 Å². The number of hydrogen-bond donors (Lipinski definition) is 1. The second-order valence-electron chi connectivity index (χ2n) is 6.21. The summed E-state index contributed by atoms with van der Waals surface area (Å²) in [6.45, 7) is 0.510. The minimum absolute atomic E-state index is 0.0888. The van der Waals surface area contributed by atoms with E-state index in [9.17, 15) is 13.6 Å². The van der Waals surface area contributed by atoms with Crippen LogP contribution in [0.2, 0.25) is 0 Å². The van der Waals surface area contributed by atoms with Crippen LogP contribution in [-0.2, 0) is 16.6 Å². The molecule has 126 valence electrons. The van der Waals surface area contributed by atoms with E-state index in [0.29, 0.717) is 12.1 Å². The van der Waals surface area contributed by atoms with Gasteiger partial charge in [0, 0.05) is 12.0 Å². The Kier molecular flexibility index (Phi) is 4.51. The molecule has 1 amide bonds. The Hall–Kier alpha value is -2.43. The number of rotatable bonds is 6. The summed E-state index contributed by atoms with van der Waals surface area (Å²) in [5.41, 5.74) is 1.55. The van der Waals surface area contributed by atoms with Gasteiger partial charge in [-0.2, -0.15) is 0 Å². The fourth-order valence-corrected chi connectivity index (χ4v) is 2.86. The number of amides is 1. The number of halogens is 2. The molecule has 1 saturated carbocycles. The topological polar surface area (TPSA) is 38.3 Å². The number of methoxy groups -OCH3 is 1. The molecule has 1 aliphatic rings. The summed E-state index contributed by atoms with van der Waals surface area (Å²) in [5, 5.41) is 2.91. The summed E-state index contributed by atoms with van der Waals surface area (Å²) in [6, 6.07) is 10.9. The minimum atomic E-state index is -0.479. The van der Waals surface area contributed by atoms with Crippen LogP contribution in [0.25, 0.3) is 0 Å². The summed E-state index contributed by atoms with van der Waals surface area (Å²) < 4.78 is 31.5. The van der Waals surface area contributed by atoms with Gasteiger partial charge in [-0.05, 0) is 48.2 Å². The van der Waals surface area contributed by atoms with E-state index in [4.69, 9.17) is 4.74 Å². The number of carbonyl (C=O) groups is 1. The Labute approximate surface area is 139 Å². The fraction of sp³-hybridized carbons (Fsp3) is 0.316. The van der Waals surface area contributed by atoms with Gasteiger partial charge in [-0.15, -0.1) is 0 Å². The third kappa shape index (κ3) is 3.55. The molecule has 0 spiro atoms. The SMILES string of the molecule is COc1ccc(CC(=O)NCC2(c3ccc(F)cc3)CC2)cc1F. The Balaban J connectivity index is 1.58. The van der Waals surface area contributed by atoms with Crippen molar-refractivity contribution in [3.05, 3.63) is 65.2 Å². The highest BCUT2D eigenvalue weighted by molar-refractivity contribution is 5.78. The number of hydrogen-bond acceptors (Lipinski definition) is 2. The Bertz CT molecular complexity index is 740. The molecule has 24 heavy (non-hydrogen) atoms. The highest BCUT2D eigenvalue weighted by Gasteiger charge is 2.44. The quantitative estimate of drug-likeness (QED) is 0.881. The molecule has 0 aliphatic heterocycles. The molecular formula is C19H19F2NO2. The number of ether oxygens (including phenoxy) is 1. The second kappa shape index (κ2) is 6.59. The number of benzene rings is 2. The van der Waals surface area contributed by atoms with E-state index >= 15 is 0 Å². The molecule has 5 heteroatoms. The maximum atomic E-state index is 13.7. The van der Waals surface area contributed by atoms with Gasteiger partial charge < -0.3 is 10.1 Å². The first-order valence-electron chi connectivity index (χ1n) is 7.88. The van der Waals surface area contributed by atoms with Gasteiger partial charge in [0.25, 0.3) is 0 Å². The van der Waals surface area contributed by atoms with Gasteiger partial charge >= 0.3 is 0 Å². The lowest BCUT2D eigenvalue weighted by Gasteiger charge is -2.16. The lowest BCUT2D eigenvalue weighted by atomic mass is 9.96. The largest absolute Gasteiger partial charge is 0.494 e. The molecule has 0 unspecified atom stereocenters. The molecule has 1 N–H and O–H groups in total. The van der Waals surface area contributed by atoms with Crippen LogP contribution in [0, 0.1) is 11.6 Å². The van der Waals surface area contributed by atoms with Crippen LogP contribution in [0.1, 0.15) is 24.0 Å². The van der Waals surface area contributed by atoms with E-state index in [-0.39, 0.29) is 29.3 Å². The minimum Gasteiger partial charge on any atom is -0.494 e. The zero-order valence-corrected chi connectivity index (χ0v) is 13.4. The molecular weight excluding hydrogens is 312 g/mol. The number of nitrogens with one attached hydrogen (secondary N) is 1. The van der Waals surface area contributed by atoms with E-state index in [2.05, 4.69) is 5.32 Å². The predicted octanol–water partition coefficient (Wildman–Crippen LogP) is 3.36. The van der Waals surface area contributed by atoms with Crippen LogP contribution in [0.3, 0.4) is 0 Å². The Morgan fingerprint density at radius 1 is 1.17 bits per heavy atom. The first-order chi connectivity index (χ1) is 11.5. The lowest BCUT2D eigenvalue weighted by Crippen LogP contribution is -2.33. The van der Waals surface area contributed by atoms with Gasteiger partial charge in [0.1, 0.15) is 5.82 Å². The molecule has 1 aliphatic carbocycles. The first-order valence-corrected chi connectivity index (χ1v) is 7.88. The van der Waals surface area contributed by atoms with Crippen molar-refractivity contribution in [2.75, 3.05) is 13.7 Å². The summed E-state index contributed by atoms with van der Waals surface area (Å²) in [7, 11) is 1.40. The summed E-state index contributed by atoms with van der Waals surface area (Å²) in [6.07, 6.45) is 2.05. The molecule has 0 heterocycles. The lowest BCUT2D eigenvalue weighted by molar-refractivity contribution is -0.120. The van der Waals surface area contributed by atoms with Crippen molar-refractivity contribution in [1.29, 1.82) is 0 Å². The predicted molar refractivity (Wildman–Crippen MR) is 87.0 cm³/mol. The standard InChI is InChI=1S/C19H19F2NO2/c1-24-17-7-2-13(10-16(17)21)11-18(23)22-12-19(8-9-19)14-3-5-15(20)6-4-14/h2-7,10H,8-9,11-12H2,1H3,(H,22,23). The molecule has 3 rings (SSSR count). The molecule has 0 aromatic heterocycles. The monoisotopic (exact) mass is 331 g/mol. The van der Waals surface area contributed by atoms with Crippen molar-refractivity contribution >= 4 is 5.91 Å². The fourth-order valence-electron chi connectivity index (χ4n) is 2.86. The highest BCUT2D eigenvalue weighted by Crippen LogP contribution is 2.47. The summed E-state index contributed by atoms with van der Waals surface area (Å²) >= 11 is 0. The zero-order valence-electron chi connectivity index (χ0n) is 13.4. The van der Waals surface area contributed by atoms with Crippen molar-refractivity contribution in [3.63, 3.8) is 0 Å². The first kappa shape index (κ1) is 16.4. The van der Waals surface area contributed by atoms with Crippen molar-refractivity contribution in [1.82, 2.24) is 5.32 Å². The van der Waals surface area contributed by atoms with Gasteiger partial charge in [-0.25, -0.2) is 8.78 Å². The van der Waals surface area contributed by atoms with Gasteiger partial charge in [-0.1, -0.05) is 18.2 Å². The second-order valence-corrected chi connectivity index (χ2v) is 6.21. The zero-order chi connectivity index (χ0) is 17.2. The molecule has 1 fully saturated rings. The highest BCUT2D eigenvalue weighted by atomic mass is 19.1. The van der Waals surface area contributed by atoms with E-state index in [1.54, 1.807) is 18.2 Å². The third-order valence-corrected chi connectivity index (χ3v) is 4.51. The number of carbonyl (C=O) groups excluding carboxylic acids is 1. The average Bonchev–Trinajstić information content (AvgIpc) is 3.35. The van der Waals surface area contributed by atoms with Crippen LogP contribution in [0.5, 0.6) is 5.75 Å². The molecule has 0 radical (unpaired) electrons. The maximum Gasteiger partial charge on any atom is 0.224 e. The van der Waals surface area contributed by atoms with Gasteiger partial charge in [0.15, 0.2) is 11.6 Å². The molecule has 3 nitrogen and oxygen atoms in total. The summed E-state index contributed by atoms with van der Waals surface area (Å²) in [5.74, 6) is -0.742. The van der Waals surface area contributed by atoms with Gasteiger partial charge in [0.2, 0.25) is 5.91 Å². The van der Waals surface area contributed by atoms with Crippen LogP contribution < -0.4 is 10.1 Å². The summed E-state index contributed by atoms with van der Waals surface area (Å²) in [4.78, 5) is 12.1. The third-order valence-electron chi connectivity index (χ3n) is 4.51. The smallest absolute Gasteiger partial charge is 0.224 e. The van der Waals surface area contributed by atoms with Crippen LogP contribution in [-0.4, -0.2) is 19.6 Å². The van der Waals surface area contributed by atoms with Crippen molar-refractivity contribution in [3.8, 4) is 5.75 Å². The van der Waals surface area contributed by atoms with E-state index in [1.807, 2.05) is 0 Å². The van der Waals surface area contributed by atoms with Crippen molar-refractivity contribution in [2.24, 2.45) is 0 Å². The average molecular weight is 331 g/mol. The Morgan fingerprint density at radius 3 is 2.46 bits per heavy atom. The molecule has 2 aromatic carbocycles. The van der Waals surface area contributed by atoms with E-state index < -0.39 is 5.82 Å². The van der Waals surface area contributed by atoms with Crippen LogP contribution in [0.4, 0.5) is 8.78 Å². The van der Waals surface area contributed by atoms with Crippen molar-refractivity contribution < 1.29 is 18.3 Å². The van der Waals surface area contributed by atoms with Crippen LogP contribution >= 0.6 is 0 Å².